The maximum atomic E-state index is 13.5. The van der Waals surface area contributed by atoms with E-state index in [1.165, 1.54) is 24.3 Å². The van der Waals surface area contributed by atoms with Gasteiger partial charge in [-0.2, -0.15) is 13.2 Å². The van der Waals surface area contributed by atoms with Gasteiger partial charge >= 0.3 is 12.1 Å². The number of nitrogens with one attached hydrogen (secondary N) is 1. The third-order valence-corrected chi connectivity index (χ3v) is 10.7. The van der Waals surface area contributed by atoms with Crippen molar-refractivity contribution < 1.29 is 37.7 Å². The van der Waals surface area contributed by atoms with Crippen molar-refractivity contribution in [1.82, 2.24) is 10.3 Å². The minimum Gasteiger partial charge on any atom is -0.458 e. The van der Waals surface area contributed by atoms with Crippen LogP contribution in [0.1, 0.15) is 90.5 Å². The first-order valence-electron chi connectivity index (χ1n) is 15.5. The molecular weight excluding hydrogens is 605 g/mol. The molecule has 0 saturated carbocycles. The molecule has 1 aromatic heterocycles. The second-order valence-electron chi connectivity index (χ2n) is 13.8. The number of carbonyl (C=O) groups is 2. The van der Waals surface area contributed by atoms with Crippen LogP contribution in [0.5, 0.6) is 0 Å². The van der Waals surface area contributed by atoms with E-state index in [0.717, 1.165) is 25.3 Å². The van der Waals surface area contributed by atoms with Crippen LogP contribution in [-0.2, 0) is 20.5 Å². The highest BCUT2D eigenvalue weighted by Gasteiger charge is 2.50. The number of Topliss-reactive ketones (excluding diaryl/α,β-unsaturated/α-hetero) is 1. The molecule has 248 valence electrons. The lowest BCUT2D eigenvalue weighted by molar-refractivity contribution is -0.154. The van der Waals surface area contributed by atoms with Crippen molar-refractivity contribution in [2.45, 2.75) is 117 Å². The number of hydrogen-bond donors (Lipinski definition) is 3. The number of alkyl halides is 3. The number of ether oxygens (including phenoxy) is 1. The van der Waals surface area contributed by atoms with E-state index in [0.29, 0.717) is 28.3 Å². The number of aryl methyl sites for hydroxylation is 1. The standard InChI is InChI=1S/C34H45F3N2O5S/c1-18-10-11-22(14-24(18)34(35,36)37)31-38-23(17-45-31)13-20(3)25-15-26-33(7,39-26)12-8-9-19(2)29(42)21(4)30(43)32(5,6)27(40)16-28(41)44-25/h10-11,13-14,17,19,21,25-27,29,39-40,42H,8-9,12,15-16H2,1-7H3/b20-13+/t19-,21+,25-,26-,27-,29-,33+/m0/s1. The number of thiazole rings is 1. The topological polar surface area (TPSA) is 119 Å². The molecule has 7 atom stereocenters. The number of aromatic nitrogens is 1. The van der Waals surface area contributed by atoms with Gasteiger partial charge < -0.3 is 20.3 Å². The fraction of sp³-hybridized carbons (Fsp3) is 0.618. The molecule has 0 aliphatic carbocycles. The van der Waals surface area contributed by atoms with Gasteiger partial charge in [0.05, 0.1) is 35.3 Å². The number of rotatable bonds is 3. The van der Waals surface area contributed by atoms with Crippen molar-refractivity contribution in [1.29, 1.82) is 0 Å². The maximum Gasteiger partial charge on any atom is 0.416 e. The highest BCUT2D eigenvalue weighted by atomic mass is 32.1. The summed E-state index contributed by atoms with van der Waals surface area (Å²) in [6.45, 7) is 12.1. The Kier molecular flexibility index (Phi) is 10.4. The van der Waals surface area contributed by atoms with E-state index in [2.05, 4.69) is 17.2 Å². The summed E-state index contributed by atoms with van der Waals surface area (Å²) in [6.07, 6.45) is -3.04. The predicted octanol–water partition coefficient (Wildman–Crippen LogP) is 6.74. The number of esters is 1. The summed E-state index contributed by atoms with van der Waals surface area (Å²) >= 11 is 1.23. The molecule has 2 fully saturated rings. The molecule has 0 amide bonds. The van der Waals surface area contributed by atoms with Gasteiger partial charge in [0.1, 0.15) is 16.9 Å². The van der Waals surface area contributed by atoms with Crippen LogP contribution >= 0.6 is 11.3 Å². The smallest absolute Gasteiger partial charge is 0.416 e. The second-order valence-corrected chi connectivity index (χ2v) is 14.6. The average molecular weight is 651 g/mol. The molecule has 4 rings (SSSR count). The lowest BCUT2D eigenvalue weighted by atomic mass is 9.73. The SMILES string of the molecule is C/C(=C\c1csc(-c2ccc(C)c(C(F)(F)F)c2)n1)[C@@H]1C[C@@H]2N[C@]2(C)CCC[C@H](C)[C@H](O)[C@@H](C)C(=O)C(C)(C)[C@@H](O)CC(=O)O1. The Balaban J connectivity index is 1.59. The Morgan fingerprint density at radius 3 is 2.53 bits per heavy atom. The Bertz CT molecular complexity index is 1440. The van der Waals surface area contributed by atoms with E-state index >= 15 is 0 Å². The van der Waals surface area contributed by atoms with Crippen molar-refractivity contribution in [2.75, 3.05) is 0 Å². The molecule has 11 heteroatoms. The van der Waals surface area contributed by atoms with Gasteiger partial charge in [-0.1, -0.05) is 46.2 Å². The van der Waals surface area contributed by atoms with Gasteiger partial charge in [-0.3, -0.25) is 9.59 Å². The van der Waals surface area contributed by atoms with Crippen molar-refractivity contribution >= 4 is 29.2 Å². The molecule has 1 aromatic carbocycles. The van der Waals surface area contributed by atoms with Gasteiger partial charge in [-0.05, 0) is 62.8 Å². The number of aliphatic hydroxyl groups is 2. The number of halogens is 3. The number of hydrogen-bond acceptors (Lipinski definition) is 8. The summed E-state index contributed by atoms with van der Waals surface area (Å²) in [5.41, 5.74) is -0.421. The van der Waals surface area contributed by atoms with Gasteiger partial charge in [0.2, 0.25) is 0 Å². The normalized spacial score (nSPS) is 32.1. The van der Waals surface area contributed by atoms with Crippen LogP contribution in [0.4, 0.5) is 13.2 Å². The summed E-state index contributed by atoms with van der Waals surface area (Å²) in [6, 6.07) is 4.22. The summed E-state index contributed by atoms with van der Waals surface area (Å²) < 4.78 is 46.4. The molecule has 0 spiro atoms. The van der Waals surface area contributed by atoms with E-state index in [-0.39, 0.29) is 28.8 Å². The van der Waals surface area contributed by atoms with E-state index < -0.39 is 53.8 Å². The second kappa shape index (κ2) is 13.3. The van der Waals surface area contributed by atoms with E-state index in [1.807, 2.05) is 13.8 Å². The molecule has 0 unspecified atom stereocenters. The van der Waals surface area contributed by atoms with Crippen molar-refractivity contribution in [2.24, 2.45) is 17.3 Å². The van der Waals surface area contributed by atoms with Crippen LogP contribution < -0.4 is 5.32 Å². The summed E-state index contributed by atoms with van der Waals surface area (Å²) in [5.74, 6) is -1.79. The third-order valence-electron chi connectivity index (χ3n) is 9.80. The number of cyclic esters (lactones) is 1. The van der Waals surface area contributed by atoms with Crippen LogP contribution in [0.25, 0.3) is 16.6 Å². The van der Waals surface area contributed by atoms with Gasteiger partial charge in [-0.15, -0.1) is 11.3 Å². The lowest BCUT2D eigenvalue weighted by Crippen LogP contribution is -2.45. The number of ketones is 1. The molecule has 0 bridgehead atoms. The lowest BCUT2D eigenvalue weighted by Gasteiger charge is -2.34. The Labute approximate surface area is 267 Å². The molecule has 3 heterocycles. The van der Waals surface area contributed by atoms with Crippen molar-refractivity contribution in [3.8, 4) is 10.6 Å². The van der Waals surface area contributed by atoms with Crippen LogP contribution in [0, 0.1) is 24.2 Å². The summed E-state index contributed by atoms with van der Waals surface area (Å²) in [5, 5.41) is 27.6. The largest absolute Gasteiger partial charge is 0.458 e. The van der Waals surface area contributed by atoms with E-state index in [1.54, 1.807) is 38.3 Å². The number of nitrogens with zero attached hydrogens (tertiary/aromatic N) is 1. The highest BCUT2D eigenvalue weighted by molar-refractivity contribution is 7.13. The molecule has 2 aliphatic heterocycles. The zero-order chi connectivity index (χ0) is 33.5. The highest BCUT2D eigenvalue weighted by Crippen LogP contribution is 2.39. The van der Waals surface area contributed by atoms with Crippen molar-refractivity contribution in [3.63, 3.8) is 0 Å². The predicted molar refractivity (Wildman–Crippen MR) is 168 cm³/mol. The fourth-order valence-electron chi connectivity index (χ4n) is 6.32. The Morgan fingerprint density at radius 1 is 1.18 bits per heavy atom. The first-order chi connectivity index (χ1) is 20.8. The summed E-state index contributed by atoms with van der Waals surface area (Å²) in [7, 11) is 0. The van der Waals surface area contributed by atoms with E-state index in [9.17, 15) is 33.0 Å². The zero-order valence-corrected chi connectivity index (χ0v) is 27.8. The average Bonchev–Trinajstić information content (AvgIpc) is 3.34. The molecular formula is C34H45F3N2O5S. The third kappa shape index (κ3) is 8.04. The van der Waals surface area contributed by atoms with Crippen LogP contribution in [0.3, 0.4) is 0 Å². The van der Waals surface area contributed by atoms with Crippen molar-refractivity contribution in [3.05, 3.63) is 46.0 Å². The van der Waals surface area contributed by atoms with E-state index in [4.69, 9.17) is 4.74 Å². The molecule has 0 radical (unpaired) electrons. The van der Waals surface area contributed by atoms with Crippen LogP contribution in [0.15, 0.2) is 29.2 Å². The molecule has 3 N–H and O–H groups in total. The van der Waals surface area contributed by atoms with Gasteiger partial charge in [-0.25, -0.2) is 4.98 Å². The quantitative estimate of drug-likeness (QED) is 0.249. The maximum absolute atomic E-state index is 13.5. The number of carbonyl (C=O) groups excluding carboxylic acids is 2. The molecule has 2 aromatic rings. The Morgan fingerprint density at radius 2 is 1.87 bits per heavy atom. The zero-order valence-electron chi connectivity index (χ0n) is 27.0. The first-order valence-corrected chi connectivity index (χ1v) is 16.4. The minimum absolute atomic E-state index is 0.0630. The molecule has 7 nitrogen and oxygen atoms in total. The van der Waals surface area contributed by atoms with Gasteiger partial charge in [0.25, 0.3) is 0 Å². The van der Waals surface area contributed by atoms with Gasteiger partial charge in [0.15, 0.2) is 0 Å². The first kappa shape index (κ1) is 35.3. The molecule has 2 saturated heterocycles. The monoisotopic (exact) mass is 650 g/mol. The fourth-order valence-corrected chi connectivity index (χ4v) is 7.09. The van der Waals surface area contributed by atoms with Gasteiger partial charge in [0, 0.05) is 34.9 Å². The van der Waals surface area contributed by atoms with Crippen LogP contribution in [0.2, 0.25) is 0 Å². The van der Waals surface area contributed by atoms with Crippen LogP contribution in [-0.4, -0.2) is 56.8 Å². The number of benzene rings is 1. The Hall–Kier alpha value is -2.60. The minimum atomic E-state index is -4.47. The summed E-state index contributed by atoms with van der Waals surface area (Å²) in [4.78, 5) is 31.1. The number of aliphatic hydroxyl groups excluding tert-OH is 2. The molecule has 2 aliphatic rings. The number of fused-ring (bicyclic) bond motifs is 1. The molecule has 45 heavy (non-hydrogen) atoms.